The molecule has 10 heteroatoms. The zero-order valence-corrected chi connectivity index (χ0v) is 14.9. The van der Waals surface area contributed by atoms with Crippen LogP contribution in [0.2, 0.25) is 0 Å². The first-order chi connectivity index (χ1) is 10.1. The van der Waals surface area contributed by atoms with Gasteiger partial charge in [0.25, 0.3) is 9.05 Å². The molecule has 1 aliphatic heterocycles. The van der Waals surface area contributed by atoms with Crippen molar-refractivity contribution in [2.75, 3.05) is 13.2 Å². The van der Waals surface area contributed by atoms with Crippen LogP contribution >= 0.6 is 45.5 Å². The van der Waals surface area contributed by atoms with E-state index in [1.807, 2.05) is 0 Å². The molecule has 1 aliphatic rings. The molecule has 0 atom stereocenters. The highest BCUT2D eigenvalue weighted by atomic mass is 35.7. The third-order valence-electron chi connectivity index (χ3n) is 3.09. The van der Waals surface area contributed by atoms with Gasteiger partial charge in [-0.1, -0.05) is 40.9 Å². The third-order valence-corrected chi connectivity index (χ3v) is 4.77. The van der Waals surface area contributed by atoms with Crippen molar-refractivity contribution in [2.45, 2.75) is 21.7 Å². The first kappa shape index (κ1) is 17.9. The normalized spacial score (nSPS) is 15.4. The van der Waals surface area contributed by atoms with Crippen molar-refractivity contribution in [3.8, 4) is 0 Å². The van der Waals surface area contributed by atoms with Crippen LogP contribution < -0.4 is 0 Å². The molecule has 1 amide bonds. The number of alkyl halides is 3. The molecule has 22 heavy (non-hydrogen) atoms. The number of rotatable bonds is 2. The highest BCUT2D eigenvalue weighted by molar-refractivity contribution is 8.13. The number of ether oxygens (including phenoxy) is 1. The van der Waals surface area contributed by atoms with E-state index in [0.717, 1.165) is 5.56 Å². The minimum atomic E-state index is -3.82. The summed E-state index contributed by atoms with van der Waals surface area (Å²) in [6, 6.07) is 4.58. The van der Waals surface area contributed by atoms with Crippen LogP contribution in [-0.2, 0) is 26.8 Å². The minimum Gasteiger partial charge on any atom is -0.445 e. The van der Waals surface area contributed by atoms with Crippen LogP contribution in [0, 0.1) is 0 Å². The third kappa shape index (κ3) is 4.80. The fraction of sp³-hybridized carbons (Fsp3) is 0.417. The van der Waals surface area contributed by atoms with Gasteiger partial charge in [0.2, 0.25) is 3.79 Å². The summed E-state index contributed by atoms with van der Waals surface area (Å²) in [7, 11) is 1.50. The highest BCUT2D eigenvalue weighted by Crippen LogP contribution is 2.27. The molecule has 5 nitrogen and oxygen atoms in total. The molecule has 0 bridgehead atoms. The summed E-state index contributed by atoms with van der Waals surface area (Å²) in [5, 5.41) is 0. The largest absolute Gasteiger partial charge is 0.445 e. The van der Waals surface area contributed by atoms with Gasteiger partial charge < -0.3 is 9.64 Å². The summed E-state index contributed by atoms with van der Waals surface area (Å²) in [5.74, 6) is 0. The molecule has 0 fully saturated rings. The molecule has 0 unspecified atom stereocenters. The monoisotopic (exact) mass is 405 g/mol. The average molecular weight is 407 g/mol. The van der Waals surface area contributed by atoms with Gasteiger partial charge in [0.05, 0.1) is 4.90 Å². The van der Waals surface area contributed by atoms with E-state index in [1.165, 1.54) is 17.0 Å². The second-order valence-electron chi connectivity index (χ2n) is 4.71. The van der Waals surface area contributed by atoms with Gasteiger partial charge in [-0.25, -0.2) is 13.2 Å². The fourth-order valence-electron chi connectivity index (χ4n) is 2.08. The highest BCUT2D eigenvalue weighted by Gasteiger charge is 2.27. The van der Waals surface area contributed by atoms with Gasteiger partial charge in [-0.3, -0.25) is 0 Å². The molecule has 0 saturated heterocycles. The van der Waals surface area contributed by atoms with Crippen LogP contribution in [0.1, 0.15) is 11.1 Å². The molecule has 1 aromatic rings. The van der Waals surface area contributed by atoms with Crippen LogP contribution in [0.3, 0.4) is 0 Å². The maximum absolute atomic E-state index is 11.9. The zero-order chi connectivity index (χ0) is 16.5. The Bertz CT molecular complexity index is 687. The van der Waals surface area contributed by atoms with Gasteiger partial charge in [0.1, 0.15) is 6.61 Å². The minimum absolute atomic E-state index is 0.00979. The van der Waals surface area contributed by atoms with E-state index >= 15 is 0 Å². The maximum Gasteiger partial charge on any atom is 0.410 e. The number of nitrogens with zero attached hydrogens (tertiary/aromatic N) is 1. The smallest absolute Gasteiger partial charge is 0.410 e. The van der Waals surface area contributed by atoms with Crippen molar-refractivity contribution < 1.29 is 17.9 Å². The number of amides is 1. The number of fused-ring (bicyclic) bond motifs is 1. The number of hydrogen-bond acceptors (Lipinski definition) is 4. The van der Waals surface area contributed by atoms with E-state index in [4.69, 9.17) is 50.2 Å². The van der Waals surface area contributed by atoms with E-state index in [0.29, 0.717) is 18.5 Å². The van der Waals surface area contributed by atoms with E-state index in [-0.39, 0.29) is 18.0 Å². The summed E-state index contributed by atoms with van der Waals surface area (Å²) in [6.45, 7) is 0.267. The Morgan fingerprint density at radius 3 is 2.55 bits per heavy atom. The Balaban J connectivity index is 2.12. The predicted molar refractivity (Wildman–Crippen MR) is 85.2 cm³/mol. The second kappa shape index (κ2) is 6.61. The molecular weight excluding hydrogens is 396 g/mol. The van der Waals surface area contributed by atoms with Crippen LogP contribution in [-0.4, -0.2) is 36.4 Å². The molecule has 1 heterocycles. The van der Waals surface area contributed by atoms with E-state index in [2.05, 4.69) is 0 Å². The number of hydrogen-bond donors (Lipinski definition) is 0. The van der Waals surface area contributed by atoms with Gasteiger partial charge in [-0.2, -0.15) is 0 Å². The number of benzene rings is 1. The molecule has 122 valence electrons. The van der Waals surface area contributed by atoms with Gasteiger partial charge in [0.15, 0.2) is 0 Å². The Morgan fingerprint density at radius 2 is 1.95 bits per heavy atom. The summed E-state index contributed by atoms with van der Waals surface area (Å²) in [5.41, 5.74) is 1.65. The van der Waals surface area contributed by atoms with Crippen molar-refractivity contribution in [3.05, 3.63) is 29.3 Å². The SMILES string of the molecule is O=C(OCC(Cl)(Cl)Cl)N1CCc2ccc(S(=O)(=O)Cl)cc2C1. The molecule has 0 radical (unpaired) electrons. The maximum atomic E-state index is 11.9. The van der Waals surface area contributed by atoms with Crippen molar-refractivity contribution >= 4 is 60.6 Å². The summed E-state index contributed by atoms with van der Waals surface area (Å²) in [6.07, 6.45) is -0.0584. The average Bonchev–Trinajstić information content (AvgIpc) is 2.41. The number of carbonyl (C=O) groups is 1. The molecule has 2 rings (SSSR count). The lowest BCUT2D eigenvalue weighted by atomic mass is 10.0. The van der Waals surface area contributed by atoms with Crippen LogP contribution in [0.25, 0.3) is 0 Å². The topological polar surface area (TPSA) is 63.7 Å². The summed E-state index contributed by atoms with van der Waals surface area (Å²) < 4.78 is 26.0. The first-order valence-electron chi connectivity index (χ1n) is 6.11. The van der Waals surface area contributed by atoms with E-state index < -0.39 is 18.9 Å². The fourth-order valence-corrected chi connectivity index (χ4v) is 3.04. The molecule has 0 aromatic heterocycles. The second-order valence-corrected chi connectivity index (χ2v) is 9.79. The van der Waals surface area contributed by atoms with E-state index in [1.54, 1.807) is 6.07 Å². The molecule has 0 N–H and O–H groups in total. The van der Waals surface area contributed by atoms with Crippen LogP contribution in [0.4, 0.5) is 4.79 Å². The lowest BCUT2D eigenvalue weighted by Crippen LogP contribution is -2.37. The van der Waals surface area contributed by atoms with E-state index in [9.17, 15) is 13.2 Å². The number of halogens is 4. The Hall–Kier alpha value is -0.400. The Kier molecular flexibility index (Phi) is 5.39. The number of carbonyl (C=O) groups excluding carboxylic acids is 1. The van der Waals surface area contributed by atoms with Crippen LogP contribution in [0.15, 0.2) is 23.1 Å². The molecule has 0 spiro atoms. The lowest BCUT2D eigenvalue weighted by Gasteiger charge is -2.28. The summed E-state index contributed by atoms with van der Waals surface area (Å²) in [4.78, 5) is 13.3. The first-order valence-corrected chi connectivity index (χ1v) is 9.55. The van der Waals surface area contributed by atoms with Gasteiger partial charge in [-0.15, -0.1) is 0 Å². The summed E-state index contributed by atoms with van der Waals surface area (Å²) >= 11 is 16.6. The van der Waals surface area contributed by atoms with Crippen molar-refractivity contribution in [2.24, 2.45) is 0 Å². The standard InChI is InChI=1S/C12H11Cl4NO4S/c13-12(14,15)7-21-11(18)17-4-3-8-1-2-10(22(16,19)20)5-9(8)6-17/h1-2,5H,3-4,6-7H2. The zero-order valence-electron chi connectivity index (χ0n) is 11.1. The van der Waals surface area contributed by atoms with Crippen molar-refractivity contribution in [1.82, 2.24) is 4.90 Å². The Morgan fingerprint density at radius 1 is 1.27 bits per heavy atom. The molecule has 0 saturated carbocycles. The quantitative estimate of drug-likeness (QED) is 0.557. The van der Waals surface area contributed by atoms with Crippen LogP contribution in [0.5, 0.6) is 0 Å². The van der Waals surface area contributed by atoms with Crippen molar-refractivity contribution in [1.29, 1.82) is 0 Å². The van der Waals surface area contributed by atoms with Crippen molar-refractivity contribution in [3.63, 3.8) is 0 Å². The van der Waals surface area contributed by atoms with Gasteiger partial charge >= 0.3 is 6.09 Å². The van der Waals surface area contributed by atoms with Gasteiger partial charge in [-0.05, 0) is 29.7 Å². The lowest BCUT2D eigenvalue weighted by molar-refractivity contribution is 0.0994. The molecule has 0 aliphatic carbocycles. The van der Waals surface area contributed by atoms with Gasteiger partial charge in [0, 0.05) is 23.8 Å². The predicted octanol–water partition coefficient (Wildman–Crippen LogP) is 3.48. The molecular formula is C12H11Cl4NO4S. The Labute approximate surface area is 147 Å². The molecule has 1 aromatic carbocycles.